The molecule has 2 nitrogen and oxygen atoms in total. The molecular weight excluding hydrogens is 291 g/mol. The summed E-state index contributed by atoms with van der Waals surface area (Å²) in [5.74, 6) is 1.54. The van der Waals surface area contributed by atoms with Gasteiger partial charge in [-0.15, -0.1) is 0 Å². The molecule has 1 aromatic rings. The third kappa shape index (κ3) is 1.75. The van der Waals surface area contributed by atoms with Gasteiger partial charge in [-0.3, -0.25) is 0 Å². The molecule has 1 aromatic carbocycles. The Morgan fingerprint density at radius 1 is 1.36 bits per heavy atom. The molecule has 0 amide bonds. The van der Waals surface area contributed by atoms with Crippen LogP contribution in [0.2, 0.25) is 0 Å². The molecule has 0 aromatic heterocycles. The van der Waals surface area contributed by atoms with Crippen molar-refractivity contribution in [1.29, 1.82) is 0 Å². The fraction of sp³-hybridized carbons (Fsp3) is 0.455. The Morgan fingerprint density at radius 2 is 2.14 bits per heavy atom. The maximum absolute atomic E-state index is 5.52. The predicted octanol–water partition coefficient (Wildman–Crippen LogP) is 3.28. The van der Waals surface area contributed by atoms with E-state index in [2.05, 4.69) is 48.6 Å². The quantitative estimate of drug-likeness (QED) is 0.741. The van der Waals surface area contributed by atoms with Crippen molar-refractivity contribution < 1.29 is 9.47 Å². The number of fused-ring (bicyclic) bond motifs is 1. The van der Waals surface area contributed by atoms with Crippen molar-refractivity contribution >= 4 is 22.6 Å². The fourth-order valence-corrected chi connectivity index (χ4v) is 2.37. The minimum Gasteiger partial charge on any atom is -0.466 e. The van der Waals surface area contributed by atoms with Gasteiger partial charge in [0.15, 0.2) is 6.79 Å². The number of hydrogen-bond acceptors (Lipinski definition) is 2. The molecule has 0 spiro atoms. The zero-order valence-electron chi connectivity index (χ0n) is 8.34. The number of halogens is 1. The van der Waals surface area contributed by atoms with E-state index in [1.165, 1.54) is 14.7 Å². The molecule has 0 atom stereocenters. The molecule has 0 saturated carbocycles. The van der Waals surface area contributed by atoms with Crippen LogP contribution in [0.25, 0.3) is 0 Å². The summed E-state index contributed by atoms with van der Waals surface area (Å²) < 4.78 is 12.0. The van der Waals surface area contributed by atoms with Gasteiger partial charge in [-0.2, -0.15) is 0 Å². The monoisotopic (exact) mass is 304 g/mol. The van der Waals surface area contributed by atoms with Gasteiger partial charge in [0.2, 0.25) is 0 Å². The smallest absolute Gasteiger partial charge is 0.189 e. The zero-order chi connectivity index (χ0) is 10.1. The number of benzene rings is 1. The lowest BCUT2D eigenvalue weighted by molar-refractivity contribution is -0.0175. The molecular formula is C11H13IO2. The van der Waals surface area contributed by atoms with Crippen molar-refractivity contribution in [2.75, 3.05) is 6.79 Å². The number of ether oxygens (including phenoxy) is 2. The van der Waals surface area contributed by atoms with Crippen LogP contribution in [0, 0.1) is 3.57 Å². The van der Waals surface area contributed by atoms with Crippen LogP contribution in [0.3, 0.4) is 0 Å². The van der Waals surface area contributed by atoms with Crippen LogP contribution in [-0.2, 0) is 11.3 Å². The molecule has 0 N–H and O–H groups in total. The Labute approximate surface area is 97.7 Å². The highest BCUT2D eigenvalue weighted by Crippen LogP contribution is 2.34. The van der Waals surface area contributed by atoms with Crippen LogP contribution in [-0.4, -0.2) is 6.79 Å². The third-order valence-corrected chi connectivity index (χ3v) is 3.25. The van der Waals surface area contributed by atoms with Crippen LogP contribution in [0.5, 0.6) is 5.75 Å². The Hall–Kier alpha value is -0.290. The average Bonchev–Trinajstić information content (AvgIpc) is 2.18. The molecule has 1 aliphatic rings. The lowest BCUT2D eigenvalue weighted by atomic mass is 9.97. The molecule has 3 heteroatoms. The van der Waals surface area contributed by atoms with Crippen molar-refractivity contribution in [2.24, 2.45) is 0 Å². The maximum Gasteiger partial charge on any atom is 0.189 e. The van der Waals surface area contributed by atoms with Crippen LogP contribution in [0.15, 0.2) is 12.1 Å². The van der Waals surface area contributed by atoms with Crippen molar-refractivity contribution in [3.05, 3.63) is 26.8 Å². The standard InChI is InChI=1S/C11H13IO2/c1-7(2)8-3-4-10(12)11-9(8)5-13-6-14-11/h3-4,7H,5-6H2,1-2H3. The predicted molar refractivity (Wildman–Crippen MR) is 63.5 cm³/mol. The summed E-state index contributed by atoms with van der Waals surface area (Å²) >= 11 is 2.30. The van der Waals surface area contributed by atoms with E-state index in [1.54, 1.807) is 0 Å². The van der Waals surface area contributed by atoms with Gasteiger partial charge in [0.25, 0.3) is 0 Å². The van der Waals surface area contributed by atoms with Gasteiger partial charge in [0, 0.05) is 5.56 Å². The minimum absolute atomic E-state index is 0.380. The summed E-state index contributed by atoms with van der Waals surface area (Å²) in [6.45, 7) is 5.44. The van der Waals surface area contributed by atoms with E-state index in [1.807, 2.05) is 0 Å². The summed E-state index contributed by atoms with van der Waals surface area (Å²) in [6, 6.07) is 4.28. The molecule has 1 heterocycles. The molecule has 0 radical (unpaired) electrons. The fourth-order valence-electron chi connectivity index (χ4n) is 1.70. The van der Waals surface area contributed by atoms with E-state index >= 15 is 0 Å². The number of rotatable bonds is 1. The molecule has 0 fully saturated rings. The Balaban J connectivity index is 2.53. The Morgan fingerprint density at radius 3 is 2.86 bits per heavy atom. The normalized spacial score (nSPS) is 15.1. The molecule has 76 valence electrons. The van der Waals surface area contributed by atoms with E-state index in [4.69, 9.17) is 9.47 Å². The van der Waals surface area contributed by atoms with Crippen LogP contribution >= 0.6 is 22.6 Å². The van der Waals surface area contributed by atoms with Gasteiger partial charge in [-0.25, -0.2) is 0 Å². The average molecular weight is 304 g/mol. The zero-order valence-corrected chi connectivity index (χ0v) is 10.5. The van der Waals surface area contributed by atoms with Gasteiger partial charge >= 0.3 is 0 Å². The number of hydrogen-bond donors (Lipinski definition) is 0. The van der Waals surface area contributed by atoms with Gasteiger partial charge in [0.05, 0.1) is 10.2 Å². The summed E-state index contributed by atoms with van der Waals surface area (Å²) in [7, 11) is 0. The second kappa shape index (κ2) is 4.06. The molecule has 0 saturated heterocycles. The first kappa shape index (κ1) is 10.2. The summed E-state index contributed by atoms with van der Waals surface area (Å²) in [4.78, 5) is 0. The second-order valence-electron chi connectivity index (χ2n) is 3.71. The van der Waals surface area contributed by atoms with Gasteiger partial charge < -0.3 is 9.47 Å². The van der Waals surface area contributed by atoms with E-state index in [0.717, 1.165) is 5.75 Å². The first-order valence-corrected chi connectivity index (χ1v) is 5.80. The largest absolute Gasteiger partial charge is 0.466 e. The summed E-state index contributed by atoms with van der Waals surface area (Å²) in [5, 5.41) is 0. The van der Waals surface area contributed by atoms with Crippen LogP contribution in [0.4, 0.5) is 0 Å². The van der Waals surface area contributed by atoms with E-state index in [0.29, 0.717) is 19.3 Å². The van der Waals surface area contributed by atoms with Gasteiger partial charge in [-0.05, 0) is 40.1 Å². The summed E-state index contributed by atoms with van der Waals surface area (Å²) in [5.41, 5.74) is 2.55. The first-order valence-electron chi connectivity index (χ1n) is 4.72. The first-order chi connectivity index (χ1) is 6.70. The van der Waals surface area contributed by atoms with Crippen LogP contribution in [0.1, 0.15) is 30.9 Å². The lowest BCUT2D eigenvalue weighted by Gasteiger charge is -2.23. The van der Waals surface area contributed by atoms with Crippen molar-refractivity contribution in [3.63, 3.8) is 0 Å². The van der Waals surface area contributed by atoms with Crippen molar-refractivity contribution in [3.8, 4) is 5.75 Å². The third-order valence-electron chi connectivity index (χ3n) is 2.40. The lowest BCUT2D eigenvalue weighted by Crippen LogP contribution is -2.14. The van der Waals surface area contributed by atoms with E-state index in [-0.39, 0.29) is 0 Å². The van der Waals surface area contributed by atoms with Crippen molar-refractivity contribution in [2.45, 2.75) is 26.4 Å². The highest BCUT2D eigenvalue weighted by Gasteiger charge is 2.18. The highest BCUT2D eigenvalue weighted by atomic mass is 127. The molecule has 1 aliphatic heterocycles. The minimum atomic E-state index is 0.380. The molecule has 2 rings (SSSR count). The van der Waals surface area contributed by atoms with E-state index < -0.39 is 0 Å². The molecule has 0 aliphatic carbocycles. The van der Waals surface area contributed by atoms with Crippen LogP contribution < -0.4 is 4.74 Å². The highest BCUT2D eigenvalue weighted by molar-refractivity contribution is 14.1. The molecule has 0 bridgehead atoms. The van der Waals surface area contributed by atoms with Gasteiger partial charge in [0.1, 0.15) is 5.75 Å². The van der Waals surface area contributed by atoms with Gasteiger partial charge in [-0.1, -0.05) is 19.9 Å². The molecule has 0 unspecified atom stereocenters. The Bertz CT molecular complexity index is 347. The van der Waals surface area contributed by atoms with E-state index in [9.17, 15) is 0 Å². The van der Waals surface area contributed by atoms with Crippen molar-refractivity contribution in [1.82, 2.24) is 0 Å². The molecule has 14 heavy (non-hydrogen) atoms. The topological polar surface area (TPSA) is 18.5 Å². The SMILES string of the molecule is CC(C)c1ccc(I)c2c1COCO2. The second-order valence-corrected chi connectivity index (χ2v) is 4.87. The maximum atomic E-state index is 5.52. The summed E-state index contributed by atoms with van der Waals surface area (Å²) in [6.07, 6.45) is 0. The Kier molecular flexibility index (Phi) is 2.97.